The summed E-state index contributed by atoms with van der Waals surface area (Å²) in [5.74, 6) is 0.746. The standard InChI is InChI=1S/C22H18N2O4/c1-26-20-9-7-18(8-10-20)22(14-27-21(24-22)28-15-25)19-6-2-4-16(12-19)17-5-3-11-23-13-17/h2-13,15H,14H2,1H3. The zero-order valence-corrected chi connectivity index (χ0v) is 15.2. The van der Waals surface area contributed by atoms with E-state index in [0.717, 1.165) is 28.0 Å². The van der Waals surface area contributed by atoms with Gasteiger partial charge in [0.05, 0.1) is 7.11 Å². The maximum Gasteiger partial charge on any atom is 0.392 e. The Bertz CT molecular complexity index is 1000. The molecule has 2 heterocycles. The van der Waals surface area contributed by atoms with Crippen LogP contribution in [0.25, 0.3) is 11.1 Å². The van der Waals surface area contributed by atoms with E-state index < -0.39 is 5.54 Å². The highest BCUT2D eigenvalue weighted by molar-refractivity contribution is 5.77. The van der Waals surface area contributed by atoms with Crippen LogP contribution in [0.4, 0.5) is 0 Å². The lowest BCUT2D eigenvalue weighted by molar-refractivity contribution is -0.123. The average molecular weight is 374 g/mol. The molecule has 0 amide bonds. The first-order valence-electron chi connectivity index (χ1n) is 8.73. The normalized spacial score (nSPS) is 18.1. The zero-order valence-electron chi connectivity index (χ0n) is 15.2. The lowest BCUT2D eigenvalue weighted by atomic mass is 9.83. The van der Waals surface area contributed by atoms with Crippen LogP contribution in [0.3, 0.4) is 0 Å². The molecule has 1 atom stereocenters. The maximum absolute atomic E-state index is 10.8. The number of carbonyl (C=O) groups is 1. The molecule has 1 aliphatic heterocycles. The molecule has 0 saturated heterocycles. The third kappa shape index (κ3) is 3.20. The highest BCUT2D eigenvalue weighted by Gasteiger charge is 2.41. The summed E-state index contributed by atoms with van der Waals surface area (Å²) in [6.45, 7) is 0.536. The fourth-order valence-electron chi connectivity index (χ4n) is 3.31. The van der Waals surface area contributed by atoms with Gasteiger partial charge in [0.2, 0.25) is 0 Å². The number of rotatable bonds is 5. The van der Waals surface area contributed by atoms with Gasteiger partial charge >= 0.3 is 12.6 Å². The Morgan fingerprint density at radius 2 is 1.86 bits per heavy atom. The van der Waals surface area contributed by atoms with E-state index in [9.17, 15) is 4.79 Å². The fraction of sp³-hybridized carbons (Fsp3) is 0.136. The minimum atomic E-state index is -0.831. The molecule has 0 bridgehead atoms. The fourth-order valence-corrected chi connectivity index (χ4v) is 3.31. The van der Waals surface area contributed by atoms with Crippen molar-refractivity contribution in [2.45, 2.75) is 5.54 Å². The van der Waals surface area contributed by atoms with Crippen LogP contribution in [-0.2, 0) is 19.8 Å². The van der Waals surface area contributed by atoms with Crippen molar-refractivity contribution in [3.8, 4) is 16.9 Å². The molecule has 0 fully saturated rings. The van der Waals surface area contributed by atoms with E-state index in [2.05, 4.69) is 16.0 Å². The van der Waals surface area contributed by atoms with Gasteiger partial charge in [-0.1, -0.05) is 36.4 Å². The Labute approximate surface area is 162 Å². The largest absolute Gasteiger partial charge is 0.497 e. The van der Waals surface area contributed by atoms with E-state index in [1.54, 1.807) is 13.3 Å². The molecule has 0 saturated carbocycles. The molecule has 6 heteroatoms. The van der Waals surface area contributed by atoms with Gasteiger partial charge in [0.25, 0.3) is 0 Å². The summed E-state index contributed by atoms with van der Waals surface area (Å²) in [6.07, 6.45) is 3.51. The highest BCUT2D eigenvalue weighted by atomic mass is 16.7. The number of aromatic nitrogens is 1. The molecule has 6 nitrogen and oxygen atoms in total. The third-order valence-corrected chi connectivity index (χ3v) is 4.74. The molecule has 0 spiro atoms. The molecule has 0 aliphatic carbocycles. The van der Waals surface area contributed by atoms with E-state index in [-0.39, 0.29) is 12.7 Å². The number of methoxy groups -OCH3 is 1. The Hall–Kier alpha value is -3.67. The number of ether oxygens (including phenoxy) is 3. The molecule has 1 aliphatic rings. The van der Waals surface area contributed by atoms with Crippen molar-refractivity contribution in [3.63, 3.8) is 0 Å². The molecule has 2 aromatic carbocycles. The van der Waals surface area contributed by atoms with Gasteiger partial charge in [-0.05, 0) is 46.5 Å². The molecular weight excluding hydrogens is 356 g/mol. The van der Waals surface area contributed by atoms with Crippen LogP contribution in [0.2, 0.25) is 0 Å². The molecule has 0 radical (unpaired) electrons. The van der Waals surface area contributed by atoms with E-state index in [0.29, 0.717) is 6.47 Å². The summed E-state index contributed by atoms with van der Waals surface area (Å²) in [5.41, 5.74) is 3.01. The summed E-state index contributed by atoms with van der Waals surface area (Å²) in [6, 6.07) is 19.5. The van der Waals surface area contributed by atoms with Crippen molar-refractivity contribution < 1.29 is 19.0 Å². The van der Waals surface area contributed by atoms with Gasteiger partial charge in [0, 0.05) is 12.4 Å². The summed E-state index contributed by atoms with van der Waals surface area (Å²) in [7, 11) is 1.62. The Kier molecular flexibility index (Phi) is 4.76. The van der Waals surface area contributed by atoms with Gasteiger partial charge in [0.15, 0.2) is 5.54 Å². The average Bonchev–Trinajstić information content (AvgIpc) is 3.20. The first kappa shape index (κ1) is 17.7. The van der Waals surface area contributed by atoms with Crippen LogP contribution >= 0.6 is 0 Å². The first-order chi connectivity index (χ1) is 13.7. The predicted octanol–water partition coefficient (Wildman–Crippen LogP) is 3.56. The summed E-state index contributed by atoms with van der Waals surface area (Å²) < 4.78 is 15.7. The molecule has 28 heavy (non-hydrogen) atoms. The smallest absolute Gasteiger partial charge is 0.392 e. The second kappa shape index (κ2) is 7.52. The molecule has 140 valence electrons. The highest BCUT2D eigenvalue weighted by Crippen LogP contribution is 2.40. The molecule has 1 aromatic heterocycles. The number of hydrogen-bond acceptors (Lipinski definition) is 6. The second-order valence-corrected chi connectivity index (χ2v) is 6.29. The Balaban J connectivity index is 1.84. The van der Waals surface area contributed by atoms with Crippen molar-refractivity contribution in [3.05, 3.63) is 84.2 Å². The molecule has 0 N–H and O–H groups in total. The summed E-state index contributed by atoms with van der Waals surface area (Å²) >= 11 is 0. The SMILES string of the molecule is COc1ccc(C2(c3cccc(-c4cccnc4)c3)COC(OC=O)=N2)cc1. The minimum Gasteiger partial charge on any atom is -0.497 e. The summed E-state index contributed by atoms with van der Waals surface area (Å²) in [5, 5.41) is 0. The monoisotopic (exact) mass is 374 g/mol. The quantitative estimate of drug-likeness (QED) is 0.639. The topological polar surface area (TPSA) is 70.0 Å². The van der Waals surface area contributed by atoms with E-state index >= 15 is 0 Å². The lowest BCUT2D eigenvalue weighted by Crippen LogP contribution is -2.27. The van der Waals surface area contributed by atoms with Crippen molar-refractivity contribution >= 4 is 12.6 Å². The number of nitrogens with zero attached hydrogens (tertiary/aromatic N) is 2. The van der Waals surface area contributed by atoms with Crippen molar-refractivity contribution in [2.24, 2.45) is 4.99 Å². The van der Waals surface area contributed by atoms with Gasteiger partial charge in [-0.3, -0.25) is 9.78 Å². The molecule has 1 unspecified atom stereocenters. The van der Waals surface area contributed by atoms with Crippen molar-refractivity contribution in [2.75, 3.05) is 13.7 Å². The Morgan fingerprint density at radius 1 is 1.04 bits per heavy atom. The van der Waals surface area contributed by atoms with Crippen molar-refractivity contribution in [1.82, 2.24) is 4.98 Å². The van der Waals surface area contributed by atoms with Gasteiger partial charge in [-0.2, -0.15) is 4.99 Å². The van der Waals surface area contributed by atoms with Crippen LogP contribution in [0.1, 0.15) is 11.1 Å². The number of aliphatic imine (C=N–C) groups is 1. The number of hydrogen-bond donors (Lipinski definition) is 0. The first-order valence-corrected chi connectivity index (χ1v) is 8.73. The zero-order chi connectivity index (χ0) is 19.4. The number of carbonyl (C=O) groups excluding carboxylic acids is 1. The van der Waals surface area contributed by atoms with Crippen LogP contribution < -0.4 is 4.74 Å². The molecule has 4 rings (SSSR count). The van der Waals surface area contributed by atoms with E-state index in [1.165, 1.54) is 0 Å². The van der Waals surface area contributed by atoms with Crippen LogP contribution in [0, 0.1) is 0 Å². The Morgan fingerprint density at radius 3 is 2.57 bits per heavy atom. The van der Waals surface area contributed by atoms with Gasteiger partial charge in [-0.15, -0.1) is 0 Å². The van der Waals surface area contributed by atoms with Crippen LogP contribution in [0.5, 0.6) is 5.75 Å². The van der Waals surface area contributed by atoms with Crippen LogP contribution in [-0.4, -0.2) is 31.3 Å². The van der Waals surface area contributed by atoms with E-state index in [1.807, 2.05) is 60.8 Å². The molecular formula is C22H18N2O4. The van der Waals surface area contributed by atoms with Gasteiger partial charge < -0.3 is 14.2 Å². The number of benzene rings is 2. The van der Waals surface area contributed by atoms with E-state index in [4.69, 9.17) is 14.2 Å². The van der Waals surface area contributed by atoms with Gasteiger partial charge in [-0.25, -0.2) is 0 Å². The second-order valence-electron chi connectivity index (χ2n) is 6.29. The molecule has 3 aromatic rings. The predicted molar refractivity (Wildman–Crippen MR) is 104 cm³/mol. The third-order valence-electron chi connectivity index (χ3n) is 4.74. The minimum absolute atomic E-state index is 0.0439. The lowest BCUT2D eigenvalue weighted by Gasteiger charge is -2.25. The summed E-state index contributed by atoms with van der Waals surface area (Å²) in [4.78, 5) is 19.6. The number of pyridine rings is 1. The van der Waals surface area contributed by atoms with Crippen LogP contribution in [0.15, 0.2) is 78.0 Å². The van der Waals surface area contributed by atoms with Gasteiger partial charge in [0.1, 0.15) is 12.4 Å². The van der Waals surface area contributed by atoms with Crippen molar-refractivity contribution in [1.29, 1.82) is 0 Å². The maximum atomic E-state index is 10.8.